The van der Waals surface area contributed by atoms with Crippen LogP contribution in [0.4, 0.5) is 4.79 Å². The number of imide groups is 1. The van der Waals surface area contributed by atoms with Gasteiger partial charge >= 0.3 is 6.03 Å². The first-order valence-corrected chi connectivity index (χ1v) is 6.35. The van der Waals surface area contributed by atoms with Crippen LogP contribution >= 0.6 is 0 Å². The van der Waals surface area contributed by atoms with Crippen molar-refractivity contribution in [3.05, 3.63) is 35.9 Å². The number of rotatable bonds is 2. The zero-order valence-electron chi connectivity index (χ0n) is 11.2. The summed E-state index contributed by atoms with van der Waals surface area (Å²) < 4.78 is 0. The van der Waals surface area contributed by atoms with Crippen molar-refractivity contribution in [1.82, 2.24) is 20.2 Å². The lowest BCUT2D eigenvalue weighted by Gasteiger charge is -2.15. The Morgan fingerprint density at radius 3 is 2.85 bits per heavy atom. The van der Waals surface area contributed by atoms with Crippen molar-refractivity contribution in [2.24, 2.45) is 0 Å². The van der Waals surface area contributed by atoms with Gasteiger partial charge in [-0.25, -0.2) is 4.79 Å². The Labute approximate surface area is 115 Å². The molecule has 1 fully saturated rings. The first kappa shape index (κ1) is 12.4. The molecule has 20 heavy (non-hydrogen) atoms. The van der Waals surface area contributed by atoms with Crippen molar-refractivity contribution < 1.29 is 9.59 Å². The molecule has 2 aromatic rings. The molecule has 0 atom stereocenters. The van der Waals surface area contributed by atoms with Gasteiger partial charge in [-0.05, 0) is 26.0 Å². The van der Waals surface area contributed by atoms with Crippen LogP contribution in [0.3, 0.4) is 0 Å². The van der Waals surface area contributed by atoms with E-state index in [1.165, 1.54) is 4.90 Å². The van der Waals surface area contributed by atoms with E-state index < -0.39 is 0 Å². The molecule has 2 aromatic heterocycles. The Balaban J connectivity index is 2.01. The van der Waals surface area contributed by atoms with Gasteiger partial charge < -0.3 is 10.3 Å². The molecule has 0 unspecified atom stereocenters. The fourth-order valence-corrected chi connectivity index (χ4v) is 2.29. The third kappa shape index (κ3) is 1.85. The molecule has 6 heteroatoms. The Morgan fingerprint density at radius 2 is 2.15 bits per heavy atom. The number of hydrogen-bond donors (Lipinski definition) is 2. The molecule has 0 bridgehead atoms. The van der Waals surface area contributed by atoms with Crippen molar-refractivity contribution in [1.29, 1.82) is 0 Å². The van der Waals surface area contributed by atoms with Crippen LogP contribution < -0.4 is 5.32 Å². The summed E-state index contributed by atoms with van der Waals surface area (Å²) in [5, 5.41) is 3.56. The maximum atomic E-state index is 12.2. The SMILES string of the molecule is CC(C)N1C(=O)N/C(=C\c2c[nH]c3cnccc23)C1=O. The van der Waals surface area contributed by atoms with Crippen molar-refractivity contribution in [2.75, 3.05) is 0 Å². The topological polar surface area (TPSA) is 78.1 Å². The van der Waals surface area contributed by atoms with E-state index in [1.807, 2.05) is 6.07 Å². The normalized spacial score (nSPS) is 17.6. The summed E-state index contributed by atoms with van der Waals surface area (Å²) in [4.78, 5) is 32.2. The van der Waals surface area contributed by atoms with Crippen LogP contribution in [0.2, 0.25) is 0 Å². The third-order valence-corrected chi connectivity index (χ3v) is 3.24. The Kier molecular flexibility index (Phi) is 2.78. The van der Waals surface area contributed by atoms with Crippen LogP contribution in [0.25, 0.3) is 17.0 Å². The minimum atomic E-state index is -0.377. The van der Waals surface area contributed by atoms with Gasteiger partial charge in [-0.3, -0.25) is 14.7 Å². The predicted octanol–water partition coefficient (Wildman–Crippen LogP) is 1.86. The number of H-pyrrole nitrogens is 1. The summed E-state index contributed by atoms with van der Waals surface area (Å²) in [7, 11) is 0. The fraction of sp³-hybridized carbons (Fsp3) is 0.214. The van der Waals surface area contributed by atoms with Crippen LogP contribution in [-0.2, 0) is 4.79 Å². The number of nitrogens with one attached hydrogen (secondary N) is 2. The number of aromatic amines is 1. The summed E-state index contributed by atoms with van der Waals surface area (Å²) in [6, 6.07) is 1.32. The standard InChI is InChI=1S/C14H14N4O2/c1-8(2)18-13(19)11(17-14(18)20)5-9-6-16-12-7-15-4-3-10(9)12/h3-8,16H,1-2H3,(H,17,20)/b11-5-. The molecule has 0 radical (unpaired) electrons. The Bertz CT molecular complexity index is 730. The molecule has 3 amide bonds. The zero-order chi connectivity index (χ0) is 14.3. The molecule has 6 nitrogen and oxygen atoms in total. The number of carbonyl (C=O) groups is 2. The summed E-state index contributed by atoms with van der Waals surface area (Å²) >= 11 is 0. The molecular weight excluding hydrogens is 256 g/mol. The third-order valence-electron chi connectivity index (χ3n) is 3.24. The highest BCUT2D eigenvalue weighted by Crippen LogP contribution is 2.21. The average molecular weight is 270 g/mol. The van der Waals surface area contributed by atoms with E-state index in [2.05, 4.69) is 15.3 Å². The molecule has 0 aliphatic carbocycles. The monoisotopic (exact) mass is 270 g/mol. The largest absolute Gasteiger partial charge is 0.359 e. The van der Waals surface area contributed by atoms with E-state index in [9.17, 15) is 9.59 Å². The summed E-state index contributed by atoms with van der Waals surface area (Å²) in [6.07, 6.45) is 6.87. The maximum Gasteiger partial charge on any atom is 0.329 e. The lowest BCUT2D eigenvalue weighted by molar-refractivity contribution is -0.123. The summed E-state index contributed by atoms with van der Waals surface area (Å²) in [5.74, 6) is -0.298. The van der Waals surface area contributed by atoms with Crippen LogP contribution in [0.5, 0.6) is 0 Å². The molecule has 0 spiro atoms. The zero-order valence-corrected chi connectivity index (χ0v) is 11.2. The smallest absolute Gasteiger partial charge is 0.329 e. The molecule has 1 saturated heterocycles. The van der Waals surface area contributed by atoms with Crippen LogP contribution in [-0.4, -0.2) is 32.8 Å². The van der Waals surface area contributed by atoms with Crippen molar-refractivity contribution in [2.45, 2.75) is 19.9 Å². The molecule has 0 aromatic carbocycles. The highest BCUT2D eigenvalue weighted by molar-refractivity contribution is 6.14. The van der Waals surface area contributed by atoms with Crippen LogP contribution in [0.1, 0.15) is 19.4 Å². The van der Waals surface area contributed by atoms with Crippen LogP contribution in [0, 0.1) is 0 Å². The second kappa shape index (κ2) is 4.48. The lowest BCUT2D eigenvalue weighted by Crippen LogP contribution is -2.36. The van der Waals surface area contributed by atoms with Gasteiger partial charge in [-0.1, -0.05) is 0 Å². The van der Waals surface area contributed by atoms with Crippen molar-refractivity contribution in [3.8, 4) is 0 Å². The predicted molar refractivity (Wildman–Crippen MR) is 74.6 cm³/mol. The van der Waals surface area contributed by atoms with E-state index in [1.54, 1.807) is 38.5 Å². The van der Waals surface area contributed by atoms with E-state index in [4.69, 9.17) is 0 Å². The first-order chi connectivity index (χ1) is 9.58. The van der Waals surface area contributed by atoms with Gasteiger partial charge in [-0.15, -0.1) is 0 Å². The number of fused-ring (bicyclic) bond motifs is 1. The number of pyridine rings is 1. The number of carbonyl (C=O) groups excluding carboxylic acids is 2. The van der Waals surface area contributed by atoms with Gasteiger partial charge in [0.2, 0.25) is 0 Å². The Morgan fingerprint density at radius 1 is 1.35 bits per heavy atom. The number of hydrogen-bond acceptors (Lipinski definition) is 3. The molecule has 102 valence electrons. The second-order valence-electron chi connectivity index (χ2n) is 4.92. The number of nitrogens with zero attached hydrogens (tertiary/aromatic N) is 2. The molecular formula is C14H14N4O2. The van der Waals surface area contributed by atoms with Crippen molar-refractivity contribution in [3.63, 3.8) is 0 Å². The molecule has 2 N–H and O–H groups in total. The lowest BCUT2D eigenvalue weighted by atomic mass is 10.2. The quantitative estimate of drug-likeness (QED) is 0.646. The van der Waals surface area contributed by atoms with Gasteiger partial charge in [-0.2, -0.15) is 0 Å². The van der Waals surface area contributed by atoms with Gasteiger partial charge in [0.05, 0.1) is 11.7 Å². The van der Waals surface area contributed by atoms with Gasteiger partial charge in [0.1, 0.15) is 5.70 Å². The minimum Gasteiger partial charge on any atom is -0.359 e. The number of aromatic nitrogens is 2. The summed E-state index contributed by atoms with van der Waals surface area (Å²) in [5.41, 5.74) is 2.02. The van der Waals surface area contributed by atoms with Gasteiger partial charge in [0, 0.05) is 29.4 Å². The maximum absolute atomic E-state index is 12.2. The van der Waals surface area contributed by atoms with Gasteiger partial charge in [0.15, 0.2) is 0 Å². The highest BCUT2D eigenvalue weighted by Gasteiger charge is 2.35. The fourth-order valence-electron chi connectivity index (χ4n) is 2.29. The van der Waals surface area contributed by atoms with Gasteiger partial charge in [0.25, 0.3) is 5.91 Å². The van der Waals surface area contributed by atoms with E-state index in [-0.39, 0.29) is 18.0 Å². The average Bonchev–Trinajstić information content (AvgIpc) is 2.93. The van der Waals surface area contributed by atoms with E-state index in [0.717, 1.165) is 16.5 Å². The number of urea groups is 1. The molecule has 3 heterocycles. The van der Waals surface area contributed by atoms with E-state index in [0.29, 0.717) is 5.70 Å². The first-order valence-electron chi connectivity index (χ1n) is 6.35. The molecule has 1 aliphatic heterocycles. The molecule has 0 saturated carbocycles. The minimum absolute atomic E-state index is 0.166. The van der Waals surface area contributed by atoms with Crippen LogP contribution in [0.15, 0.2) is 30.4 Å². The Hall–Kier alpha value is -2.63. The van der Waals surface area contributed by atoms with E-state index >= 15 is 0 Å². The van der Waals surface area contributed by atoms with Crippen molar-refractivity contribution >= 4 is 28.9 Å². The second-order valence-corrected chi connectivity index (χ2v) is 4.92. The number of amides is 3. The molecule has 1 aliphatic rings. The summed E-state index contributed by atoms with van der Waals surface area (Å²) in [6.45, 7) is 3.61. The highest BCUT2D eigenvalue weighted by atomic mass is 16.2. The molecule has 3 rings (SSSR count).